The summed E-state index contributed by atoms with van der Waals surface area (Å²) in [5, 5.41) is 7.85. The van der Waals surface area contributed by atoms with Crippen LogP contribution in [0.4, 0.5) is 11.8 Å². The third-order valence-electron chi connectivity index (χ3n) is 5.87. The number of imidazole rings is 1. The molecule has 0 amide bonds. The first-order chi connectivity index (χ1) is 15.6. The van der Waals surface area contributed by atoms with Gasteiger partial charge in [-0.3, -0.25) is 4.98 Å². The predicted molar refractivity (Wildman–Crippen MR) is 124 cm³/mol. The standard InChI is InChI=1S/C22H28N10/c1-15(2)31-14-26-19-20(28-22(29-21(19)31)30-10-5-17(23)6-11-30)25-12-16-4-8-24-13-18(16)32-9-3-7-27-32/h3-4,7-9,13-15,17H,5-6,10-12,23H2,1-2H3,(H,25,28,29). The maximum absolute atomic E-state index is 6.10. The molecule has 1 aliphatic heterocycles. The van der Waals surface area contributed by atoms with Gasteiger partial charge in [-0.05, 0) is 38.8 Å². The van der Waals surface area contributed by atoms with Crippen molar-refractivity contribution in [3.63, 3.8) is 0 Å². The second-order valence-corrected chi connectivity index (χ2v) is 8.42. The van der Waals surface area contributed by atoms with Gasteiger partial charge < -0.3 is 20.5 Å². The quantitative estimate of drug-likeness (QED) is 0.478. The first-order valence-electron chi connectivity index (χ1n) is 11.0. The van der Waals surface area contributed by atoms with Gasteiger partial charge in [0.2, 0.25) is 5.95 Å². The van der Waals surface area contributed by atoms with Gasteiger partial charge in [0.05, 0.1) is 18.2 Å². The van der Waals surface area contributed by atoms with E-state index in [0.29, 0.717) is 6.54 Å². The number of pyridine rings is 1. The SMILES string of the molecule is CC(C)n1cnc2c(NCc3ccncc3-n3cccn3)nc(N3CCC(N)CC3)nc21. The molecule has 3 N–H and O–H groups in total. The molecule has 1 fully saturated rings. The van der Waals surface area contributed by atoms with Gasteiger partial charge in [0, 0.05) is 55.9 Å². The van der Waals surface area contributed by atoms with Gasteiger partial charge in [0.25, 0.3) is 0 Å². The molecule has 0 saturated carbocycles. The lowest BCUT2D eigenvalue weighted by atomic mass is 10.1. The molecule has 4 aromatic rings. The van der Waals surface area contributed by atoms with Crippen LogP contribution >= 0.6 is 0 Å². The van der Waals surface area contributed by atoms with Gasteiger partial charge in [0.15, 0.2) is 17.0 Å². The average Bonchev–Trinajstić information content (AvgIpc) is 3.48. The molecule has 0 unspecified atom stereocenters. The summed E-state index contributed by atoms with van der Waals surface area (Å²) >= 11 is 0. The molecule has 0 bridgehead atoms. The van der Waals surface area contributed by atoms with E-state index in [2.05, 4.69) is 43.7 Å². The van der Waals surface area contributed by atoms with E-state index >= 15 is 0 Å². The van der Waals surface area contributed by atoms with E-state index in [4.69, 9.17) is 15.7 Å². The van der Waals surface area contributed by atoms with E-state index < -0.39 is 0 Å². The van der Waals surface area contributed by atoms with Crippen molar-refractivity contribution in [1.82, 2.24) is 34.3 Å². The fourth-order valence-corrected chi connectivity index (χ4v) is 4.01. The fourth-order valence-electron chi connectivity index (χ4n) is 4.01. The van der Waals surface area contributed by atoms with Crippen LogP contribution in [0.5, 0.6) is 0 Å². The van der Waals surface area contributed by atoms with Crippen LogP contribution in [0.15, 0.2) is 43.2 Å². The Morgan fingerprint density at radius 3 is 2.78 bits per heavy atom. The Hall–Kier alpha value is -3.53. The Kier molecular flexibility index (Phi) is 5.44. The summed E-state index contributed by atoms with van der Waals surface area (Å²) in [5.41, 5.74) is 9.69. The summed E-state index contributed by atoms with van der Waals surface area (Å²) in [4.78, 5) is 20.9. The zero-order valence-electron chi connectivity index (χ0n) is 18.4. The number of hydrogen-bond acceptors (Lipinski definition) is 8. The number of nitrogens with zero attached hydrogens (tertiary/aromatic N) is 8. The van der Waals surface area contributed by atoms with E-state index in [1.165, 1.54) is 0 Å². The Morgan fingerprint density at radius 1 is 1.19 bits per heavy atom. The van der Waals surface area contributed by atoms with Crippen LogP contribution in [0, 0.1) is 0 Å². The highest BCUT2D eigenvalue weighted by atomic mass is 15.3. The largest absolute Gasteiger partial charge is 0.364 e. The molecule has 0 spiro atoms. The molecular formula is C22H28N10. The molecule has 4 aromatic heterocycles. The summed E-state index contributed by atoms with van der Waals surface area (Å²) in [6, 6.07) is 4.38. The highest BCUT2D eigenvalue weighted by Crippen LogP contribution is 2.27. The lowest BCUT2D eigenvalue weighted by Gasteiger charge is -2.30. The van der Waals surface area contributed by atoms with Crippen LogP contribution in [0.2, 0.25) is 0 Å². The number of anilines is 2. The zero-order chi connectivity index (χ0) is 22.1. The molecule has 0 aliphatic carbocycles. The van der Waals surface area contributed by atoms with Crippen LogP contribution in [0.25, 0.3) is 16.9 Å². The summed E-state index contributed by atoms with van der Waals surface area (Å²) in [6.45, 7) is 6.53. The molecule has 10 nitrogen and oxygen atoms in total. The monoisotopic (exact) mass is 432 g/mol. The molecular weight excluding hydrogens is 404 g/mol. The third kappa shape index (κ3) is 3.89. The Morgan fingerprint density at radius 2 is 2.03 bits per heavy atom. The zero-order valence-corrected chi connectivity index (χ0v) is 18.4. The van der Waals surface area contributed by atoms with Crippen LogP contribution in [-0.2, 0) is 6.54 Å². The summed E-state index contributed by atoms with van der Waals surface area (Å²) in [5.74, 6) is 1.44. The van der Waals surface area contributed by atoms with Gasteiger partial charge >= 0.3 is 0 Å². The molecule has 32 heavy (non-hydrogen) atoms. The summed E-state index contributed by atoms with van der Waals surface area (Å²) < 4.78 is 3.90. The van der Waals surface area contributed by atoms with Crippen molar-refractivity contribution in [1.29, 1.82) is 0 Å². The Bertz CT molecular complexity index is 1190. The van der Waals surface area contributed by atoms with Gasteiger partial charge in [-0.25, -0.2) is 9.67 Å². The topological polar surface area (TPSA) is 116 Å². The second-order valence-electron chi connectivity index (χ2n) is 8.42. The lowest BCUT2D eigenvalue weighted by molar-refractivity contribution is 0.495. The maximum atomic E-state index is 6.10. The van der Waals surface area contributed by atoms with Crippen molar-refractivity contribution < 1.29 is 0 Å². The minimum Gasteiger partial charge on any atom is -0.364 e. The van der Waals surface area contributed by atoms with E-state index in [1.54, 1.807) is 12.4 Å². The minimum absolute atomic E-state index is 0.247. The van der Waals surface area contributed by atoms with Gasteiger partial charge in [-0.2, -0.15) is 15.1 Å². The van der Waals surface area contributed by atoms with Crippen molar-refractivity contribution >= 4 is 22.9 Å². The minimum atomic E-state index is 0.247. The van der Waals surface area contributed by atoms with Crippen LogP contribution < -0.4 is 16.0 Å². The maximum Gasteiger partial charge on any atom is 0.229 e. The number of fused-ring (bicyclic) bond motifs is 1. The van der Waals surface area contributed by atoms with Crippen LogP contribution in [0.1, 0.15) is 38.3 Å². The molecule has 10 heteroatoms. The molecule has 5 heterocycles. The van der Waals surface area contributed by atoms with Crippen LogP contribution in [-0.4, -0.2) is 53.4 Å². The number of nitrogens with one attached hydrogen (secondary N) is 1. The predicted octanol–water partition coefficient (Wildman–Crippen LogP) is 2.53. The molecule has 0 atom stereocenters. The first-order valence-corrected chi connectivity index (χ1v) is 11.0. The van der Waals surface area contributed by atoms with E-state index in [9.17, 15) is 0 Å². The summed E-state index contributed by atoms with van der Waals surface area (Å²) in [6.07, 6.45) is 11.0. The van der Waals surface area contributed by atoms with Gasteiger partial charge in [-0.1, -0.05) is 0 Å². The molecule has 166 valence electrons. The number of nitrogens with two attached hydrogens (primary N) is 1. The number of rotatable bonds is 6. The van der Waals surface area contributed by atoms with E-state index in [-0.39, 0.29) is 12.1 Å². The smallest absolute Gasteiger partial charge is 0.229 e. The molecule has 0 radical (unpaired) electrons. The lowest BCUT2D eigenvalue weighted by Crippen LogP contribution is -2.40. The molecule has 1 aliphatic rings. The summed E-state index contributed by atoms with van der Waals surface area (Å²) in [7, 11) is 0. The van der Waals surface area contributed by atoms with Crippen molar-refractivity contribution in [3.8, 4) is 5.69 Å². The molecule has 0 aromatic carbocycles. The number of aromatic nitrogens is 7. The molecule has 5 rings (SSSR count). The first kappa shape index (κ1) is 20.4. The highest BCUT2D eigenvalue weighted by Gasteiger charge is 2.22. The number of hydrogen-bond donors (Lipinski definition) is 2. The Labute approximate surface area is 186 Å². The van der Waals surface area contributed by atoms with Crippen molar-refractivity contribution in [2.75, 3.05) is 23.3 Å². The van der Waals surface area contributed by atoms with E-state index in [0.717, 1.165) is 60.1 Å². The normalized spacial score (nSPS) is 15.1. The fraction of sp³-hybridized carbons (Fsp3) is 0.409. The highest BCUT2D eigenvalue weighted by molar-refractivity contribution is 5.84. The number of piperidine rings is 1. The third-order valence-corrected chi connectivity index (χ3v) is 5.87. The van der Waals surface area contributed by atoms with Crippen LogP contribution in [0.3, 0.4) is 0 Å². The van der Waals surface area contributed by atoms with Gasteiger partial charge in [-0.15, -0.1) is 0 Å². The Balaban J connectivity index is 1.50. The van der Waals surface area contributed by atoms with Crippen molar-refractivity contribution in [3.05, 3.63) is 48.8 Å². The van der Waals surface area contributed by atoms with Crippen molar-refractivity contribution in [2.24, 2.45) is 5.73 Å². The average molecular weight is 433 g/mol. The van der Waals surface area contributed by atoms with Crippen molar-refractivity contribution in [2.45, 2.75) is 45.3 Å². The second kappa shape index (κ2) is 8.54. The van der Waals surface area contributed by atoms with Gasteiger partial charge in [0.1, 0.15) is 0 Å². The molecule has 1 saturated heterocycles. The van der Waals surface area contributed by atoms with E-state index in [1.807, 2.05) is 35.5 Å².